The van der Waals surface area contributed by atoms with E-state index in [9.17, 15) is 9.90 Å². The molecule has 1 aliphatic heterocycles. The molecule has 0 aromatic heterocycles. The summed E-state index contributed by atoms with van der Waals surface area (Å²) in [6.07, 6.45) is 0.713. The predicted molar refractivity (Wildman–Crippen MR) is 69.0 cm³/mol. The molecule has 2 rings (SSSR count). The van der Waals surface area contributed by atoms with Crippen molar-refractivity contribution in [1.29, 1.82) is 0 Å². The van der Waals surface area contributed by atoms with Gasteiger partial charge >= 0.3 is 0 Å². The molecular weight excluding hydrogens is 254 g/mol. The molecule has 1 aliphatic rings. The van der Waals surface area contributed by atoms with E-state index >= 15 is 0 Å². The maximum Gasteiger partial charge on any atom is 0.255 e. The normalized spacial score (nSPS) is 27.2. The molecular formula is C13H16ClNO3. The van der Waals surface area contributed by atoms with Crippen LogP contribution in [-0.2, 0) is 4.74 Å². The van der Waals surface area contributed by atoms with Crippen molar-refractivity contribution in [3.63, 3.8) is 0 Å². The molecule has 18 heavy (non-hydrogen) atoms. The number of ether oxygens (including phenoxy) is 1. The highest BCUT2D eigenvalue weighted by atomic mass is 35.5. The molecule has 2 unspecified atom stereocenters. The van der Waals surface area contributed by atoms with Crippen LogP contribution < -0.4 is 5.32 Å². The smallest absolute Gasteiger partial charge is 0.255 e. The molecule has 1 fully saturated rings. The maximum absolute atomic E-state index is 12.1. The average molecular weight is 270 g/mol. The Morgan fingerprint density at radius 3 is 2.89 bits per heavy atom. The highest BCUT2D eigenvalue weighted by Gasteiger charge is 2.38. The summed E-state index contributed by atoms with van der Waals surface area (Å²) in [6.45, 7) is 4.50. The van der Waals surface area contributed by atoms with Gasteiger partial charge in [0.2, 0.25) is 0 Å². The van der Waals surface area contributed by atoms with Gasteiger partial charge in [-0.25, -0.2) is 0 Å². The van der Waals surface area contributed by atoms with Gasteiger partial charge in [-0.05, 0) is 38.5 Å². The average Bonchev–Trinajstić information content (AvgIpc) is 2.58. The molecule has 2 atom stereocenters. The van der Waals surface area contributed by atoms with E-state index in [1.54, 1.807) is 6.07 Å². The van der Waals surface area contributed by atoms with Crippen molar-refractivity contribution in [3.05, 3.63) is 28.8 Å². The Bertz CT molecular complexity index is 477. The van der Waals surface area contributed by atoms with Crippen molar-refractivity contribution >= 4 is 17.5 Å². The molecule has 0 saturated carbocycles. The highest BCUT2D eigenvalue weighted by Crippen LogP contribution is 2.27. The van der Waals surface area contributed by atoms with E-state index in [1.165, 1.54) is 12.1 Å². The zero-order valence-corrected chi connectivity index (χ0v) is 11.1. The van der Waals surface area contributed by atoms with E-state index in [1.807, 2.05) is 13.8 Å². The Labute approximate surface area is 111 Å². The molecule has 1 heterocycles. The Morgan fingerprint density at radius 2 is 2.33 bits per heavy atom. The van der Waals surface area contributed by atoms with Crippen LogP contribution in [0.2, 0.25) is 5.02 Å². The minimum Gasteiger partial charge on any atom is -0.507 e. The molecule has 1 aromatic rings. The largest absolute Gasteiger partial charge is 0.507 e. The second kappa shape index (κ2) is 4.78. The third-order valence-corrected chi connectivity index (χ3v) is 3.73. The summed E-state index contributed by atoms with van der Waals surface area (Å²) in [7, 11) is 0. The van der Waals surface area contributed by atoms with Crippen LogP contribution in [-0.4, -0.2) is 29.3 Å². The lowest BCUT2D eigenvalue weighted by atomic mass is 9.94. The van der Waals surface area contributed by atoms with E-state index in [2.05, 4.69) is 5.32 Å². The van der Waals surface area contributed by atoms with Crippen molar-refractivity contribution < 1.29 is 14.6 Å². The lowest BCUT2D eigenvalue weighted by Gasteiger charge is -2.29. The molecule has 0 aliphatic carbocycles. The van der Waals surface area contributed by atoms with Gasteiger partial charge in [-0.1, -0.05) is 11.6 Å². The number of hydrogen-bond donors (Lipinski definition) is 2. The monoisotopic (exact) mass is 269 g/mol. The summed E-state index contributed by atoms with van der Waals surface area (Å²) in [5.74, 6) is -0.431. The molecule has 98 valence electrons. The summed E-state index contributed by atoms with van der Waals surface area (Å²) < 4.78 is 5.46. The van der Waals surface area contributed by atoms with Crippen LogP contribution in [0.4, 0.5) is 0 Å². The van der Waals surface area contributed by atoms with E-state index in [0.29, 0.717) is 11.6 Å². The van der Waals surface area contributed by atoms with Crippen LogP contribution in [0.25, 0.3) is 0 Å². The number of carbonyl (C=O) groups excluding carboxylic acids is 1. The number of phenolic OH excluding ortho intramolecular Hbond substituents is 1. The SMILES string of the molecule is CC1OCCC1(C)NC(=O)c1ccc(Cl)cc1O. The van der Waals surface area contributed by atoms with Gasteiger partial charge in [0.1, 0.15) is 5.75 Å². The number of benzene rings is 1. The third kappa shape index (κ3) is 2.44. The van der Waals surface area contributed by atoms with Crippen LogP contribution in [0.5, 0.6) is 5.75 Å². The van der Waals surface area contributed by atoms with E-state index < -0.39 is 5.54 Å². The number of carbonyl (C=O) groups is 1. The van der Waals surface area contributed by atoms with Gasteiger partial charge in [-0.2, -0.15) is 0 Å². The Kier molecular flexibility index (Phi) is 3.50. The fourth-order valence-electron chi connectivity index (χ4n) is 2.02. The molecule has 0 spiro atoms. The summed E-state index contributed by atoms with van der Waals surface area (Å²) in [5.41, 5.74) is -0.178. The van der Waals surface area contributed by atoms with Gasteiger partial charge < -0.3 is 15.2 Å². The molecule has 1 aromatic carbocycles. The highest BCUT2D eigenvalue weighted by molar-refractivity contribution is 6.30. The van der Waals surface area contributed by atoms with Crippen molar-refractivity contribution in [3.8, 4) is 5.75 Å². The van der Waals surface area contributed by atoms with Crippen LogP contribution in [0.15, 0.2) is 18.2 Å². The number of halogens is 1. The van der Waals surface area contributed by atoms with Crippen molar-refractivity contribution in [2.24, 2.45) is 0 Å². The van der Waals surface area contributed by atoms with Crippen LogP contribution >= 0.6 is 11.6 Å². The van der Waals surface area contributed by atoms with Gasteiger partial charge in [0.25, 0.3) is 5.91 Å². The second-order valence-electron chi connectivity index (χ2n) is 4.80. The molecule has 0 radical (unpaired) electrons. The topological polar surface area (TPSA) is 58.6 Å². The van der Waals surface area contributed by atoms with Crippen molar-refractivity contribution in [2.75, 3.05) is 6.61 Å². The van der Waals surface area contributed by atoms with Crippen molar-refractivity contribution in [2.45, 2.75) is 31.9 Å². The second-order valence-corrected chi connectivity index (χ2v) is 5.23. The third-order valence-electron chi connectivity index (χ3n) is 3.49. The summed E-state index contributed by atoms with van der Waals surface area (Å²) >= 11 is 5.73. The fourth-order valence-corrected chi connectivity index (χ4v) is 2.19. The first-order chi connectivity index (χ1) is 8.42. The molecule has 5 heteroatoms. The van der Waals surface area contributed by atoms with Gasteiger partial charge in [-0.3, -0.25) is 4.79 Å². The molecule has 2 N–H and O–H groups in total. The summed E-state index contributed by atoms with van der Waals surface area (Å²) in [6, 6.07) is 4.44. The Balaban J connectivity index is 2.17. The standard InChI is InChI=1S/C13H16ClNO3/c1-8-13(2,5-6-18-8)15-12(17)10-4-3-9(14)7-11(10)16/h3-4,7-8,16H,5-6H2,1-2H3,(H,15,17). The fraction of sp³-hybridized carbons (Fsp3) is 0.462. The summed E-state index contributed by atoms with van der Waals surface area (Å²) in [5, 5.41) is 13.0. The first-order valence-electron chi connectivity index (χ1n) is 5.85. The predicted octanol–water partition coefficient (Wildman–Crippen LogP) is 2.34. The van der Waals surface area contributed by atoms with E-state index in [4.69, 9.17) is 16.3 Å². The Morgan fingerprint density at radius 1 is 1.61 bits per heavy atom. The molecule has 1 saturated heterocycles. The number of amides is 1. The Hall–Kier alpha value is -1.26. The van der Waals surface area contributed by atoms with Crippen LogP contribution in [0, 0.1) is 0 Å². The number of nitrogens with one attached hydrogen (secondary N) is 1. The molecule has 4 nitrogen and oxygen atoms in total. The van der Waals surface area contributed by atoms with E-state index in [0.717, 1.165) is 6.42 Å². The van der Waals surface area contributed by atoms with Crippen LogP contribution in [0.3, 0.4) is 0 Å². The number of rotatable bonds is 2. The first-order valence-corrected chi connectivity index (χ1v) is 6.23. The van der Waals surface area contributed by atoms with E-state index in [-0.39, 0.29) is 23.3 Å². The van der Waals surface area contributed by atoms with Gasteiger partial charge in [-0.15, -0.1) is 0 Å². The number of phenols is 1. The van der Waals surface area contributed by atoms with Gasteiger partial charge in [0.15, 0.2) is 0 Å². The summed E-state index contributed by atoms with van der Waals surface area (Å²) in [4.78, 5) is 12.1. The molecule has 0 bridgehead atoms. The minimum absolute atomic E-state index is 0.0455. The lowest BCUT2D eigenvalue weighted by molar-refractivity contribution is 0.0725. The lowest BCUT2D eigenvalue weighted by Crippen LogP contribution is -2.50. The molecule has 1 amide bonds. The zero-order chi connectivity index (χ0) is 13.3. The van der Waals surface area contributed by atoms with Gasteiger partial charge in [0.05, 0.1) is 17.2 Å². The number of hydrogen-bond acceptors (Lipinski definition) is 3. The first kappa shape index (κ1) is 13.2. The zero-order valence-electron chi connectivity index (χ0n) is 10.4. The van der Waals surface area contributed by atoms with Crippen molar-refractivity contribution in [1.82, 2.24) is 5.32 Å². The minimum atomic E-state index is -0.400. The quantitative estimate of drug-likeness (QED) is 0.866. The van der Waals surface area contributed by atoms with Gasteiger partial charge in [0, 0.05) is 11.6 Å². The number of aromatic hydroxyl groups is 1. The van der Waals surface area contributed by atoms with Crippen LogP contribution in [0.1, 0.15) is 30.6 Å². The maximum atomic E-state index is 12.1.